The molecule has 1 atom stereocenters. The number of anilines is 2. The third-order valence-corrected chi connectivity index (χ3v) is 7.09. The molecule has 0 spiro atoms. The molecule has 37 heavy (non-hydrogen) atoms. The summed E-state index contributed by atoms with van der Waals surface area (Å²) in [4.78, 5) is 8.39. The molecule has 1 unspecified atom stereocenters. The molecule has 0 radical (unpaired) electrons. The highest BCUT2D eigenvalue weighted by atomic mass is 35.5. The lowest BCUT2D eigenvalue weighted by Gasteiger charge is -2.43. The van der Waals surface area contributed by atoms with Gasteiger partial charge in [0.15, 0.2) is 0 Å². The van der Waals surface area contributed by atoms with Crippen LogP contribution in [0.5, 0.6) is 0 Å². The largest absolute Gasteiger partial charge is 0.335 e. The molecular weight excluding hydrogens is 509 g/mol. The maximum Gasteiger partial charge on any atom is 0.250 e. The van der Waals surface area contributed by atoms with Crippen molar-refractivity contribution in [2.45, 2.75) is 13.0 Å². The second kappa shape index (κ2) is 10.9. The van der Waals surface area contributed by atoms with Crippen molar-refractivity contribution in [2.75, 3.05) is 29.9 Å². The highest BCUT2D eigenvalue weighted by Crippen LogP contribution is 2.32. The summed E-state index contributed by atoms with van der Waals surface area (Å²) in [5.74, 6) is 1.04. The number of hydrogen-bond acceptors (Lipinski definition) is 6. The van der Waals surface area contributed by atoms with Crippen LogP contribution in [0.3, 0.4) is 0 Å². The van der Waals surface area contributed by atoms with Crippen molar-refractivity contribution in [1.29, 1.82) is 5.26 Å². The van der Waals surface area contributed by atoms with Gasteiger partial charge in [0, 0.05) is 25.3 Å². The van der Waals surface area contributed by atoms with Gasteiger partial charge in [-0.25, -0.2) is 0 Å². The first-order valence-electron chi connectivity index (χ1n) is 11.7. The molecule has 0 saturated carbocycles. The van der Waals surface area contributed by atoms with Crippen LogP contribution in [0.25, 0.3) is 5.69 Å². The van der Waals surface area contributed by atoms with Gasteiger partial charge in [-0.05, 0) is 46.7 Å². The molecule has 2 heterocycles. The number of aryl methyl sites for hydroxylation is 1. The van der Waals surface area contributed by atoms with Crippen LogP contribution in [0.4, 0.5) is 11.6 Å². The predicted octanol–water partition coefficient (Wildman–Crippen LogP) is 5.09. The average molecular weight is 532 g/mol. The zero-order chi connectivity index (χ0) is 25.8. The van der Waals surface area contributed by atoms with E-state index >= 15 is 0 Å². The molecule has 0 bridgehead atoms. The lowest BCUT2D eigenvalue weighted by atomic mass is 10.0. The zero-order valence-electron chi connectivity index (χ0n) is 20.0. The Labute approximate surface area is 224 Å². The van der Waals surface area contributed by atoms with Crippen LogP contribution in [0.15, 0.2) is 77.8 Å². The number of aromatic nitrogens is 4. The Hall–Kier alpha value is -4.13. The third kappa shape index (κ3) is 5.07. The molecule has 186 valence electrons. The molecule has 1 aromatic heterocycles. The summed E-state index contributed by atoms with van der Waals surface area (Å²) in [5.41, 5.74) is 3.62. The number of nitriles is 1. The number of piperazine rings is 1. The fourth-order valence-corrected chi connectivity index (χ4v) is 4.79. The minimum absolute atomic E-state index is 0.140. The van der Waals surface area contributed by atoms with E-state index in [0.717, 1.165) is 16.8 Å². The molecule has 1 N–H and O–H groups in total. The maximum absolute atomic E-state index is 9.52. The normalized spacial score (nSPS) is 15.9. The first kappa shape index (κ1) is 24.6. The Morgan fingerprint density at radius 2 is 1.81 bits per heavy atom. The number of hydrogen-bond donors (Lipinski definition) is 1. The number of tetrazole rings is 1. The summed E-state index contributed by atoms with van der Waals surface area (Å²) in [6.45, 7) is 3.71. The number of benzene rings is 3. The average Bonchev–Trinajstić information content (AvgIpc) is 3.41. The lowest BCUT2D eigenvalue weighted by Crippen LogP contribution is -2.53. The fourth-order valence-electron chi connectivity index (χ4n) is 4.41. The predicted molar refractivity (Wildman–Crippen MR) is 145 cm³/mol. The summed E-state index contributed by atoms with van der Waals surface area (Å²) in [6.07, 6.45) is 1.96. The van der Waals surface area contributed by atoms with Crippen molar-refractivity contribution in [2.24, 2.45) is 4.99 Å². The van der Waals surface area contributed by atoms with Crippen LogP contribution in [-0.4, -0.2) is 50.7 Å². The van der Waals surface area contributed by atoms with Gasteiger partial charge >= 0.3 is 0 Å². The topological polar surface area (TPSA) is 98.3 Å². The van der Waals surface area contributed by atoms with E-state index in [-0.39, 0.29) is 6.04 Å². The SMILES string of the molecule is Cc1ccccc1N/C(=N\C#N)N1CCN(c2nnnn2-c2cccc(Cl)c2Cl)CC1c1ccccc1. The molecule has 3 aromatic carbocycles. The first-order chi connectivity index (χ1) is 18.1. The molecule has 1 saturated heterocycles. The highest BCUT2D eigenvalue weighted by molar-refractivity contribution is 6.43. The molecule has 0 aliphatic carbocycles. The molecule has 1 fully saturated rings. The Bertz CT molecular complexity index is 1460. The minimum atomic E-state index is -0.140. The number of rotatable bonds is 4. The van der Waals surface area contributed by atoms with Gasteiger partial charge in [0.2, 0.25) is 12.2 Å². The van der Waals surface area contributed by atoms with Crippen molar-refractivity contribution < 1.29 is 0 Å². The van der Waals surface area contributed by atoms with Gasteiger partial charge in [0.1, 0.15) is 0 Å². The van der Waals surface area contributed by atoms with Crippen molar-refractivity contribution >= 4 is 40.8 Å². The van der Waals surface area contributed by atoms with E-state index in [1.165, 1.54) is 0 Å². The lowest BCUT2D eigenvalue weighted by molar-refractivity contribution is 0.282. The van der Waals surface area contributed by atoms with Gasteiger partial charge in [0.25, 0.3) is 5.95 Å². The van der Waals surface area contributed by atoms with Crippen LogP contribution < -0.4 is 10.2 Å². The number of nitrogens with one attached hydrogen (secondary N) is 1. The van der Waals surface area contributed by atoms with Crippen LogP contribution in [0, 0.1) is 18.4 Å². The molecule has 0 amide bonds. The van der Waals surface area contributed by atoms with Crippen molar-refractivity contribution in [1.82, 2.24) is 25.1 Å². The molecule has 5 rings (SSSR count). The van der Waals surface area contributed by atoms with E-state index in [9.17, 15) is 5.26 Å². The highest BCUT2D eigenvalue weighted by Gasteiger charge is 2.33. The van der Waals surface area contributed by atoms with E-state index in [1.54, 1.807) is 10.7 Å². The molecular formula is C26H23Cl2N9. The maximum atomic E-state index is 9.52. The molecule has 11 heteroatoms. The molecule has 4 aromatic rings. The van der Waals surface area contributed by atoms with Crippen LogP contribution >= 0.6 is 23.2 Å². The van der Waals surface area contributed by atoms with Crippen molar-refractivity contribution in [3.8, 4) is 11.9 Å². The quantitative estimate of drug-likeness (QED) is 0.222. The van der Waals surface area contributed by atoms with E-state index in [4.69, 9.17) is 23.2 Å². The summed E-state index contributed by atoms with van der Waals surface area (Å²) in [7, 11) is 0. The fraction of sp³-hybridized carbons (Fsp3) is 0.192. The number of guanidine groups is 1. The Morgan fingerprint density at radius 3 is 2.59 bits per heavy atom. The monoisotopic (exact) mass is 531 g/mol. The minimum Gasteiger partial charge on any atom is -0.335 e. The molecule has 1 aliphatic heterocycles. The van der Waals surface area contributed by atoms with Crippen LogP contribution in [0.2, 0.25) is 10.0 Å². The van der Waals surface area contributed by atoms with E-state index < -0.39 is 0 Å². The summed E-state index contributed by atoms with van der Waals surface area (Å²) in [5, 5.41) is 26.1. The summed E-state index contributed by atoms with van der Waals surface area (Å²) in [6, 6.07) is 23.2. The first-order valence-corrected chi connectivity index (χ1v) is 12.4. The van der Waals surface area contributed by atoms with Crippen molar-refractivity contribution in [3.05, 3.63) is 94.0 Å². The Morgan fingerprint density at radius 1 is 1.03 bits per heavy atom. The standard InChI is InChI=1S/C26H23Cl2N9/c1-18-8-5-6-12-21(18)31-25(30-17-29)36-15-14-35(16-23(36)19-9-3-2-4-10-19)26-32-33-34-37(26)22-13-7-11-20(27)24(22)28/h2-13,23H,14-16H2,1H3,(H,30,31). The Kier molecular flexibility index (Phi) is 7.21. The number of para-hydroxylation sites is 1. The second-order valence-corrected chi connectivity index (χ2v) is 9.29. The molecule has 9 nitrogen and oxygen atoms in total. The molecule has 1 aliphatic rings. The van der Waals surface area contributed by atoms with E-state index in [0.29, 0.717) is 47.3 Å². The van der Waals surface area contributed by atoms with Gasteiger partial charge in [-0.3, -0.25) is 0 Å². The third-order valence-electron chi connectivity index (χ3n) is 6.28. The summed E-state index contributed by atoms with van der Waals surface area (Å²) >= 11 is 12.7. The van der Waals surface area contributed by atoms with Gasteiger partial charge in [-0.2, -0.15) is 9.94 Å². The van der Waals surface area contributed by atoms with Crippen molar-refractivity contribution in [3.63, 3.8) is 0 Å². The Balaban J connectivity index is 1.50. The van der Waals surface area contributed by atoms with E-state index in [1.807, 2.05) is 67.7 Å². The van der Waals surface area contributed by atoms with Gasteiger partial charge in [0.05, 0.1) is 21.8 Å². The second-order valence-electron chi connectivity index (χ2n) is 8.50. The smallest absolute Gasteiger partial charge is 0.250 e. The van der Waals surface area contributed by atoms with Gasteiger partial charge in [-0.1, -0.05) is 82.9 Å². The summed E-state index contributed by atoms with van der Waals surface area (Å²) < 4.78 is 1.60. The van der Waals surface area contributed by atoms with Gasteiger partial charge in [-0.15, -0.1) is 4.99 Å². The van der Waals surface area contributed by atoms with E-state index in [2.05, 4.69) is 47.8 Å². The van der Waals surface area contributed by atoms with Crippen LogP contribution in [0.1, 0.15) is 17.2 Å². The zero-order valence-corrected chi connectivity index (χ0v) is 21.5. The van der Waals surface area contributed by atoms with Gasteiger partial charge < -0.3 is 15.1 Å². The van der Waals surface area contributed by atoms with Crippen LogP contribution in [-0.2, 0) is 0 Å². The number of halogens is 2. The number of nitrogens with zero attached hydrogens (tertiary/aromatic N) is 8. The number of aliphatic imine (C=N–C) groups is 1.